The van der Waals surface area contributed by atoms with Crippen molar-refractivity contribution in [3.63, 3.8) is 0 Å². The van der Waals surface area contributed by atoms with Gasteiger partial charge in [0.15, 0.2) is 18.2 Å². The highest BCUT2D eigenvalue weighted by atomic mass is 35.5. The molecule has 0 aliphatic carbocycles. The number of hydrogen-bond donors (Lipinski definition) is 3. The number of rotatable bonds is 11. The van der Waals surface area contributed by atoms with Crippen LogP contribution in [0, 0.1) is 11.3 Å². The Bertz CT molecular complexity index is 2590. The van der Waals surface area contributed by atoms with Crippen molar-refractivity contribution in [3.05, 3.63) is 75.2 Å². The van der Waals surface area contributed by atoms with Crippen LogP contribution in [0.1, 0.15) is 79.1 Å². The summed E-state index contributed by atoms with van der Waals surface area (Å²) < 4.78 is 7.28. The molecule has 5 aliphatic rings. The minimum atomic E-state index is -0.992. The number of benzene rings is 2. The number of pyridine rings is 1. The zero-order valence-corrected chi connectivity index (χ0v) is 36.4. The largest absolute Gasteiger partial charge is 0.478 e. The number of ether oxygens (including phenoxy) is 1. The molecule has 4 fully saturated rings. The zero-order chi connectivity index (χ0) is 44.2. The van der Waals surface area contributed by atoms with E-state index in [4.69, 9.17) is 21.3 Å². The van der Waals surface area contributed by atoms with Gasteiger partial charge in [-0.2, -0.15) is 4.98 Å². The van der Waals surface area contributed by atoms with Crippen LogP contribution in [-0.4, -0.2) is 119 Å². The van der Waals surface area contributed by atoms with E-state index in [1.807, 2.05) is 38.1 Å². The number of amides is 5. The Kier molecular flexibility index (Phi) is 11.3. The lowest BCUT2D eigenvalue weighted by molar-refractivity contribution is -0.136. The molecule has 2 atom stereocenters. The van der Waals surface area contributed by atoms with Gasteiger partial charge in [-0.25, -0.2) is 4.98 Å². The quantitative estimate of drug-likeness (QED) is 0.183. The fourth-order valence-corrected chi connectivity index (χ4v) is 10.2. The molecule has 330 valence electrons. The number of fused-ring (bicyclic) bond motifs is 2. The maximum atomic E-state index is 13.7. The van der Waals surface area contributed by atoms with Crippen LogP contribution in [0.25, 0.3) is 10.9 Å². The molecular weight excluding hydrogens is 828 g/mol. The summed E-state index contributed by atoms with van der Waals surface area (Å²) in [6.45, 7) is 9.76. The average Bonchev–Trinajstić information content (AvgIpc) is 3.95. The van der Waals surface area contributed by atoms with Gasteiger partial charge in [0.25, 0.3) is 23.3 Å². The van der Waals surface area contributed by atoms with Gasteiger partial charge in [-0.05, 0) is 94.8 Å². The molecular formula is C45H51ClN10O7. The van der Waals surface area contributed by atoms with Crippen molar-refractivity contribution in [1.82, 2.24) is 35.0 Å². The Morgan fingerprint density at radius 3 is 2.52 bits per heavy atom. The number of anilines is 4. The highest BCUT2D eigenvalue weighted by molar-refractivity contribution is 6.33. The number of imide groups is 2. The first kappa shape index (κ1) is 42.2. The summed E-state index contributed by atoms with van der Waals surface area (Å²) in [6, 6.07) is 11.5. The lowest BCUT2D eigenvalue weighted by Crippen LogP contribution is -2.54. The summed E-state index contributed by atoms with van der Waals surface area (Å²) in [5.74, 6) is -0.645. The van der Waals surface area contributed by atoms with Crippen LogP contribution in [0.2, 0.25) is 5.02 Å². The molecule has 0 radical (unpaired) electrons. The van der Waals surface area contributed by atoms with E-state index in [0.717, 1.165) is 93.0 Å². The second kappa shape index (κ2) is 16.9. The van der Waals surface area contributed by atoms with Crippen LogP contribution < -0.4 is 36.0 Å². The number of likely N-dealkylation sites (N-methyl/N-ethyl adjacent to an activating group) is 1. The third-order valence-corrected chi connectivity index (χ3v) is 13.6. The summed E-state index contributed by atoms with van der Waals surface area (Å²) in [7, 11) is 1.51. The molecule has 2 aromatic carbocycles. The highest BCUT2D eigenvalue weighted by Crippen LogP contribution is 2.42. The van der Waals surface area contributed by atoms with E-state index in [1.54, 1.807) is 29.0 Å². The Hall–Kier alpha value is -6.07. The van der Waals surface area contributed by atoms with Crippen LogP contribution in [-0.2, 0) is 14.4 Å². The van der Waals surface area contributed by atoms with E-state index in [9.17, 15) is 28.8 Å². The first-order valence-electron chi connectivity index (χ1n) is 21.7. The van der Waals surface area contributed by atoms with Crippen molar-refractivity contribution in [1.29, 1.82) is 0 Å². The molecule has 0 saturated carbocycles. The summed E-state index contributed by atoms with van der Waals surface area (Å²) in [5.41, 5.74) is 2.64. The van der Waals surface area contributed by atoms with E-state index in [1.165, 1.54) is 7.05 Å². The Balaban J connectivity index is 0.814. The topological polar surface area (TPSA) is 191 Å². The van der Waals surface area contributed by atoms with Crippen LogP contribution in [0.5, 0.6) is 5.75 Å². The molecule has 5 aliphatic heterocycles. The van der Waals surface area contributed by atoms with Crippen LogP contribution >= 0.6 is 11.6 Å². The number of carbonyl (C=O) groups is 5. The third kappa shape index (κ3) is 8.08. The second-order valence-electron chi connectivity index (χ2n) is 17.7. The summed E-state index contributed by atoms with van der Waals surface area (Å²) in [5, 5.41) is 9.26. The smallest absolute Gasteiger partial charge is 0.293 e. The second-order valence-corrected chi connectivity index (χ2v) is 18.1. The molecule has 18 heteroatoms. The SMILES string of the molecule is CNC(=O)COc1cc2cc(Nc3nc(N4CCC5(CCN(CC6CCN(c7cccc8c7C(=O)N(C7CCC(=O)NC7=O)C8=O)CC6)C5)C4)ncc3Cl)ccc2n(C(C)C)c1=O. The molecule has 1 spiro atoms. The van der Waals surface area contributed by atoms with E-state index in [-0.39, 0.29) is 48.1 Å². The predicted octanol–water partition coefficient (Wildman–Crippen LogP) is 4.11. The van der Waals surface area contributed by atoms with Crippen molar-refractivity contribution in [2.45, 2.75) is 64.5 Å². The lowest BCUT2D eigenvalue weighted by atomic mass is 9.86. The lowest BCUT2D eigenvalue weighted by Gasteiger charge is -2.36. The number of carbonyl (C=O) groups excluding carboxylic acids is 5. The molecule has 4 aromatic rings. The molecule has 2 unspecified atom stereocenters. The van der Waals surface area contributed by atoms with E-state index < -0.39 is 29.7 Å². The Morgan fingerprint density at radius 1 is 0.968 bits per heavy atom. The first-order valence-corrected chi connectivity index (χ1v) is 22.1. The summed E-state index contributed by atoms with van der Waals surface area (Å²) in [6.07, 6.45) is 5.86. The predicted molar refractivity (Wildman–Crippen MR) is 237 cm³/mol. The number of piperidine rings is 2. The third-order valence-electron chi connectivity index (χ3n) is 13.3. The minimum absolute atomic E-state index is 0.0826. The molecule has 63 heavy (non-hydrogen) atoms. The van der Waals surface area contributed by atoms with Crippen molar-refractivity contribution in [2.75, 3.05) is 74.6 Å². The molecule has 17 nitrogen and oxygen atoms in total. The van der Waals surface area contributed by atoms with Crippen molar-refractivity contribution in [2.24, 2.45) is 11.3 Å². The average molecular weight is 879 g/mol. The van der Waals surface area contributed by atoms with E-state index >= 15 is 0 Å². The maximum absolute atomic E-state index is 13.7. The fraction of sp³-hybridized carbons (Fsp3) is 0.467. The molecule has 5 amide bonds. The number of halogens is 1. The zero-order valence-electron chi connectivity index (χ0n) is 35.6. The number of nitrogens with one attached hydrogen (secondary N) is 3. The Labute approximate surface area is 369 Å². The minimum Gasteiger partial charge on any atom is -0.478 e. The normalized spacial score (nSPS) is 21.9. The van der Waals surface area contributed by atoms with Gasteiger partial charge in [0, 0.05) is 75.3 Å². The van der Waals surface area contributed by atoms with Crippen molar-refractivity contribution >= 4 is 75.2 Å². The van der Waals surface area contributed by atoms with Gasteiger partial charge in [0.05, 0.1) is 28.5 Å². The molecule has 3 N–H and O–H groups in total. The van der Waals surface area contributed by atoms with Gasteiger partial charge in [-0.1, -0.05) is 17.7 Å². The number of nitrogens with zero attached hydrogens (tertiary/aromatic N) is 7. The van der Waals surface area contributed by atoms with Crippen LogP contribution in [0.3, 0.4) is 0 Å². The van der Waals surface area contributed by atoms with E-state index in [0.29, 0.717) is 39.5 Å². The standard InChI is InChI=1S/C45H51ClN10O7/c1-26(2)55-32-8-7-29(19-28(32)20-35(42(55)61)63-23-37(58)47-3)49-39-31(46)21-48-44(51-39)54-18-14-45(25-54)13-17-52(24-45)22-27-11-15-53(16-12-27)33-6-4-5-30-38(33)43(62)56(41(30)60)34-9-10-36(57)50-40(34)59/h4-8,19-21,26-27,34H,9-18,22-25H2,1-3H3,(H,47,58)(H,48,49,51)(H,50,57,59). The van der Waals surface area contributed by atoms with Gasteiger partial charge >= 0.3 is 0 Å². The van der Waals surface area contributed by atoms with Crippen LogP contribution in [0.15, 0.2) is 53.5 Å². The van der Waals surface area contributed by atoms with Gasteiger partial charge in [0.2, 0.25) is 17.8 Å². The number of likely N-dealkylation sites (tertiary alicyclic amines) is 1. The molecule has 4 saturated heterocycles. The van der Waals surface area contributed by atoms with Crippen molar-refractivity contribution in [3.8, 4) is 5.75 Å². The summed E-state index contributed by atoms with van der Waals surface area (Å²) >= 11 is 6.65. The van der Waals surface area contributed by atoms with Crippen molar-refractivity contribution < 1.29 is 28.7 Å². The fourth-order valence-electron chi connectivity index (χ4n) is 10.1. The van der Waals surface area contributed by atoms with Gasteiger partial charge in [-0.15, -0.1) is 0 Å². The molecule has 0 bridgehead atoms. The number of aromatic nitrogens is 3. The molecule has 9 rings (SSSR count). The molecule has 7 heterocycles. The van der Waals surface area contributed by atoms with Gasteiger partial charge in [-0.3, -0.25) is 39.0 Å². The number of hydrogen-bond acceptors (Lipinski definition) is 13. The first-order chi connectivity index (χ1) is 30.3. The summed E-state index contributed by atoms with van der Waals surface area (Å²) in [4.78, 5) is 94.2. The van der Waals surface area contributed by atoms with Gasteiger partial charge < -0.3 is 34.6 Å². The van der Waals surface area contributed by atoms with Crippen LogP contribution in [0.4, 0.5) is 23.1 Å². The maximum Gasteiger partial charge on any atom is 0.293 e. The molecule has 2 aromatic heterocycles. The van der Waals surface area contributed by atoms with Gasteiger partial charge in [0.1, 0.15) is 11.1 Å². The Morgan fingerprint density at radius 2 is 1.76 bits per heavy atom. The highest BCUT2D eigenvalue weighted by Gasteiger charge is 2.47. The monoisotopic (exact) mass is 878 g/mol. The van der Waals surface area contributed by atoms with E-state index in [2.05, 4.69) is 35.6 Å².